The van der Waals surface area contributed by atoms with Crippen molar-refractivity contribution in [3.8, 4) is 0 Å². The highest BCUT2D eigenvalue weighted by atomic mass is 16.6. The molecule has 64 heavy (non-hydrogen) atoms. The first-order valence-corrected chi connectivity index (χ1v) is 26.2. The van der Waals surface area contributed by atoms with Crippen LogP contribution in [0.15, 0.2) is 97.2 Å². The fraction of sp³-hybridized carbons (Fsp3) is 0.672. The minimum Gasteiger partial charge on any atom is -0.462 e. The van der Waals surface area contributed by atoms with Crippen LogP contribution in [0.4, 0.5) is 0 Å². The van der Waals surface area contributed by atoms with Gasteiger partial charge in [-0.1, -0.05) is 208 Å². The molecule has 6 nitrogen and oxygen atoms in total. The van der Waals surface area contributed by atoms with Gasteiger partial charge in [0.15, 0.2) is 6.10 Å². The van der Waals surface area contributed by atoms with E-state index in [1.54, 1.807) is 0 Å². The number of rotatable bonds is 46. The second kappa shape index (κ2) is 52.0. The molecule has 0 N–H and O–H groups in total. The SMILES string of the molecule is CC/C=C/C/C=C/C/C=C/CCCCCCCCC(=O)OC(COC(=O)CC/C=C/C/C=C/CCCCCCCC)COC(=O)CCC/C=C/C/C=C/C/C=C/CCCCCCCC. The maximum atomic E-state index is 12.8. The van der Waals surface area contributed by atoms with E-state index in [1.807, 2.05) is 6.08 Å². The third-order valence-electron chi connectivity index (χ3n) is 10.8. The highest BCUT2D eigenvalue weighted by Crippen LogP contribution is 2.12. The highest BCUT2D eigenvalue weighted by molar-refractivity contribution is 5.71. The van der Waals surface area contributed by atoms with Crippen molar-refractivity contribution < 1.29 is 28.6 Å². The molecule has 0 rings (SSSR count). The monoisotopic (exact) mass is 889 g/mol. The fourth-order valence-electron chi connectivity index (χ4n) is 6.88. The van der Waals surface area contributed by atoms with Crippen molar-refractivity contribution in [2.45, 2.75) is 239 Å². The summed E-state index contributed by atoms with van der Waals surface area (Å²) in [6, 6.07) is 0. The van der Waals surface area contributed by atoms with E-state index in [1.165, 1.54) is 96.3 Å². The summed E-state index contributed by atoms with van der Waals surface area (Å²) >= 11 is 0. The third kappa shape index (κ3) is 49.3. The number of hydrogen-bond donors (Lipinski definition) is 0. The second-order valence-corrected chi connectivity index (χ2v) is 17.0. The van der Waals surface area contributed by atoms with Crippen molar-refractivity contribution in [3.63, 3.8) is 0 Å². The van der Waals surface area contributed by atoms with Crippen LogP contribution in [0.3, 0.4) is 0 Å². The number of unbranched alkanes of at least 4 members (excludes halogenated alkanes) is 19. The predicted octanol–water partition coefficient (Wildman–Crippen LogP) is 17.4. The third-order valence-corrected chi connectivity index (χ3v) is 10.8. The first kappa shape index (κ1) is 60.3. The molecule has 0 aliphatic carbocycles. The molecule has 364 valence electrons. The van der Waals surface area contributed by atoms with E-state index in [0.717, 1.165) is 83.5 Å². The Bertz CT molecular complexity index is 1300. The van der Waals surface area contributed by atoms with Crippen LogP contribution in [0, 0.1) is 0 Å². The van der Waals surface area contributed by atoms with E-state index in [0.29, 0.717) is 19.3 Å². The first-order chi connectivity index (χ1) is 31.5. The van der Waals surface area contributed by atoms with Gasteiger partial charge in [-0.25, -0.2) is 0 Å². The Balaban J connectivity index is 4.55. The molecule has 0 aromatic rings. The van der Waals surface area contributed by atoms with E-state index in [4.69, 9.17) is 14.2 Å². The molecule has 0 saturated carbocycles. The Morgan fingerprint density at radius 3 is 1.09 bits per heavy atom. The summed E-state index contributed by atoms with van der Waals surface area (Å²) in [4.78, 5) is 37.9. The normalized spacial score (nSPS) is 12.9. The van der Waals surface area contributed by atoms with Gasteiger partial charge in [-0.15, -0.1) is 0 Å². The Kier molecular flexibility index (Phi) is 49.0. The zero-order valence-electron chi connectivity index (χ0n) is 41.5. The smallest absolute Gasteiger partial charge is 0.306 e. The summed E-state index contributed by atoms with van der Waals surface area (Å²) in [6.07, 6.45) is 68.4. The van der Waals surface area contributed by atoms with Crippen LogP contribution in [-0.4, -0.2) is 37.2 Å². The average Bonchev–Trinajstić information content (AvgIpc) is 3.29. The molecular formula is C58H96O6. The molecule has 0 aromatic heterocycles. The van der Waals surface area contributed by atoms with Crippen molar-refractivity contribution in [2.24, 2.45) is 0 Å². The molecule has 0 fully saturated rings. The minimum atomic E-state index is -0.828. The Labute approximate surface area is 394 Å². The zero-order valence-corrected chi connectivity index (χ0v) is 41.5. The van der Waals surface area contributed by atoms with Gasteiger partial charge >= 0.3 is 17.9 Å². The van der Waals surface area contributed by atoms with Gasteiger partial charge in [0, 0.05) is 19.3 Å². The van der Waals surface area contributed by atoms with E-state index < -0.39 is 6.10 Å². The summed E-state index contributed by atoms with van der Waals surface area (Å²) in [5.41, 5.74) is 0. The van der Waals surface area contributed by atoms with Gasteiger partial charge in [0.05, 0.1) is 0 Å². The van der Waals surface area contributed by atoms with Crippen molar-refractivity contribution in [1.82, 2.24) is 0 Å². The number of allylic oxidation sites excluding steroid dienone is 16. The molecule has 0 aliphatic rings. The molecule has 6 heteroatoms. The highest BCUT2D eigenvalue weighted by Gasteiger charge is 2.19. The number of ether oxygens (including phenoxy) is 3. The summed E-state index contributed by atoms with van der Waals surface area (Å²) in [6.45, 7) is 6.40. The topological polar surface area (TPSA) is 78.9 Å². The van der Waals surface area contributed by atoms with E-state index in [9.17, 15) is 14.4 Å². The Hall–Kier alpha value is -3.67. The quantitative estimate of drug-likeness (QED) is 0.0262. The lowest BCUT2D eigenvalue weighted by Crippen LogP contribution is -2.30. The number of hydrogen-bond acceptors (Lipinski definition) is 6. The van der Waals surface area contributed by atoms with Crippen LogP contribution in [0.25, 0.3) is 0 Å². The first-order valence-electron chi connectivity index (χ1n) is 26.2. The maximum absolute atomic E-state index is 12.8. The number of esters is 3. The van der Waals surface area contributed by atoms with E-state index in [2.05, 4.69) is 112 Å². The molecule has 0 aromatic carbocycles. The van der Waals surface area contributed by atoms with Gasteiger partial charge in [0.25, 0.3) is 0 Å². The van der Waals surface area contributed by atoms with Crippen LogP contribution in [0.1, 0.15) is 233 Å². The molecule has 0 amide bonds. The molecule has 0 spiro atoms. The second-order valence-electron chi connectivity index (χ2n) is 17.0. The lowest BCUT2D eigenvalue weighted by atomic mass is 10.1. The molecule has 1 atom stereocenters. The van der Waals surface area contributed by atoms with Gasteiger partial charge < -0.3 is 14.2 Å². The molecule has 0 bridgehead atoms. The van der Waals surface area contributed by atoms with Gasteiger partial charge in [0.2, 0.25) is 0 Å². The standard InChI is InChI=1S/C58H96O6/c1-4-7-10-13-16-19-22-25-27-29-31-33-36-39-42-45-48-51-57(60)63-54-55(53-62-56(59)50-47-44-41-38-35-32-24-21-18-15-12-9-6-3)64-58(61)52-49-46-43-40-37-34-30-28-26-23-20-17-14-11-8-5-2/h8,11,17,20,25-28,31-33,35,39,41-42,44,55H,4-7,9-10,12-16,18-19,21-24,29-30,34,36-38,40,43,45-54H2,1-3H3/b11-8+,20-17+,27-25+,28-26+,33-31+,35-32+,42-39+,44-41+. The lowest BCUT2D eigenvalue weighted by molar-refractivity contribution is -0.166. The summed E-state index contributed by atoms with van der Waals surface area (Å²) in [7, 11) is 0. The molecule has 0 radical (unpaired) electrons. The molecule has 0 heterocycles. The largest absolute Gasteiger partial charge is 0.462 e. The molecule has 0 saturated heterocycles. The van der Waals surface area contributed by atoms with Gasteiger partial charge in [-0.05, 0) is 103 Å². The van der Waals surface area contributed by atoms with Crippen LogP contribution in [0.5, 0.6) is 0 Å². The fourth-order valence-corrected chi connectivity index (χ4v) is 6.88. The van der Waals surface area contributed by atoms with Crippen molar-refractivity contribution in [3.05, 3.63) is 97.2 Å². The lowest BCUT2D eigenvalue weighted by Gasteiger charge is -2.18. The van der Waals surface area contributed by atoms with E-state index in [-0.39, 0.29) is 44.0 Å². The molecular weight excluding hydrogens is 793 g/mol. The summed E-state index contributed by atoms with van der Waals surface area (Å²) in [5.74, 6) is -1.06. The van der Waals surface area contributed by atoms with Crippen LogP contribution >= 0.6 is 0 Å². The Morgan fingerprint density at radius 1 is 0.328 bits per heavy atom. The minimum absolute atomic E-state index is 0.127. The van der Waals surface area contributed by atoms with Crippen molar-refractivity contribution in [2.75, 3.05) is 13.2 Å². The van der Waals surface area contributed by atoms with Crippen molar-refractivity contribution in [1.29, 1.82) is 0 Å². The summed E-state index contributed by atoms with van der Waals surface area (Å²) < 4.78 is 16.7. The Morgan fingerprint density at radius 2 is 0.656 bits per heavy atom. The zero-order chi connectivity index (χ0) is 46.5. The maximum Gasteiger partial charge on any atom is 0.306 e. The summed E-state index contributed by atoms with van der Waals surface area (Å²) in [5, 5.41) is 0. The predicted molar refractivity (Wildman–Crippen MR) is 274 cm³/mol. The molecule has 1 unspecified atom stereocenters. The van der Waals surface area contributed by atoms with Gasteiger partial charge in [-0.2, -0.15) is 0 Å². The van der Waals surface area contributed by atoms with Crippen LogP contribution in [-0.2, 0) is 28.6 Å². The van der Waals surface area contributed by atoms with E-state index >= 15 is 0 Å². The number of carbonyl (C=O) groups is 3. The van der Waals surface area contributed by atoms with Gasteiger partial charge in [-0.3, -0.25) is 14.4 Å². The van der Waals surface area contributed by atoms with Crippen molar-refractivity contribution >= 4 is 17.9 Å². The van der Waals surface area contributed by atoms with Gasteiger partial charge in [0.1, 0.15) is 13.2 Å². The van der Waals surface area contributed by atoms with Crippen LogP contribution < -0.4 is 0 Å². The average molecular weight is 889 g/mol. The number of carbonyl (C=O) groups excluding carboxylic acids is 3. The molecule has 0 aliphatic heterocycles. The van der Waals surface area contributed by atoms with Crippen LogP contribution in [0.2, 0.25) is 0 Å².